The third-order valence-electron chi connectivity index (χ3n) is 2.59. The van der Waals surface area contributed by atoms with E-state index >= 15 is 0 Å². The van der Waals surface area contributed by atoms with Crippen molar-refractivity contribution in [3.63, 3.8) is 0 Å². The van der Waals surface area contributed by atoms with Gasteiger partial charge in [-0.1, -0.05) is 13.8 Å². The van der Waals surface area contributed by atoms with Gasteiger partial charge in [-0.15, -0.1) is 0 Å². The molecule has 0 saturated carbocycles. The lowest BCUT2D eigenvalue weighted by atomic mass is 10.1. The molecule has 0 heterocycles. The molecule has 90 valence electrons. The third-order valence-corrected chi connectivity index (χ3v) is 2.59. The quantitative estimate of drug-likeness (QED) is 0.805. The van der Waals surface area contributed by atoms with Crippen LogP contribution in [0.3, 0.4) is 0 Å². The van der Waals surface area contributed by atoms with Crippen LogP contribution in [0.25, 0.3) is 0 Å². The van der Waals surface area contributed by atoms with Gasteiger partial charge in [0.1, 0.15) is 5.82 Å². The van der Waals surface area contributed by atoms with Gasteiger partial charge < -0.3 is 10.6 Å². The molecule has 0 unspecified atom stereocenters. The number of benzene rings is 1. The van der Waals surface area contributed by atoms with Gasteiger partial charge in [-0.05, 0) is 36.6 Å². The zero-order valence-electron chi connectivity index (χ0n) is 10.2. The van der Waals surface area contributed by atoms with Gasteiger partial charge in [0.25, 0.3) is 0 Å². The summed E-state index contributed by atoms with van der Waals surface area (Å²) in [4.78, 5) is 2.28. The van der Waals surface area contributed by atoms with Gasteiger partial charge in [-0.2, -0.15) is 0 Å². The van der Waals surface area contributed by atoms with E-state index in [1.807, 2.05) is 6.07 Å². The van der Waals surface area contributed by atoms with E-state index in [0.29, 0.717) is 6.54 Å². The molecule has 0 spiro atoms. The highest BCUT2D eigenvalue weighted by Gasteiger charge is 2.09. The average molecular weight is 224 g/mol. The fourth-order valence-electron chi connectivity index (χ4n) is 1.92. The van der Waals surface area contributed by atoms with Crippen molar-refractivity contribution in [1.82, 2.24) is 0 Å². The van der Waals surface area contributed by atoms with Gasteiger partial charge in [0.2, 0.25) is 0 Å². The monoisotopic (exact) mass is 224 g/mol. The van der Waals surface area contributed by atoms with Crippen LogP contribution >= 0.6 is 0 Å². The molecular formula is C13H21FN2. The third kappa shape index (κ3) is 3.20. The number of nitrogens with two attached hydrogens (primary N) is 1. The maximum absolute atomic E-state index is 13.1. The van der Waals surface area contributed by atoms with Crippen molar-refractivity contribution in [2.45, 2.75) is 33.2 Å². The molecule has 0 amide bonds. The Morgan fingerprint density at radius 2 is 1.81 bits per heavy atom. The van der Waals surface area contributed by atoms with Crippen LogP contribution in [0.15, 0.2) is 18.2 Å². The number of hydrogen-bond donors (Lipinski definition) is 1. The van der Waals surface area contributed by atoms with E-state index in [2.05, 4.69) is 18.7 Å². The molecule has 1 aromatic carbocycles. The van der Waals surface area contributed by atoms with Crippen molar-refractivity contribution in [2.24, 2.45) is 5.73 Å². The zero-order chi connectivity index (χ0) is 12.0. The van der Waals surface area contributed by atoms with Crippen molar-refractivity contribution < 1.29 is 4.39 Å². The summed E-state index contributed by atoms with van der Waals surface area (Å²) in [7, 11) is 0. The summed E-state index contributed by atoms with van der Waals surface area (Å²) in [6, 6.07) is 4.88. The van der Waals surface area contributed by atoms with Crippen molar-refractivity contribution >= 4 is 5.69 Å². The molecule has 2 nitrogen and oxygen atoms in total. The standard InChI is InChI=1S/C13H21FN2/c1-3-7-16(8-4-2)13-6-5-12(14)9-11(13)10-15/h5-6,9H,3-4,7-8,10,15H2,1-2H3. The molecule has 3 heteroatoms. The second-order valence-corrected chi connectivity index (χ2v) is 3.96. The van der Waals surface area contributed by atoms with Gasteiger partial charge in [0, 0.05) is 25.3 Å². The highest BCUT2D eigenvalue weighted by Crippen LogP contribution is 2.22. The summed E-state index contributed by atoms with van der Waals surface area (Å²) in [5.74, 6) is -0.211. The van der Waals surface area contributed by atoms with Crippen molar-refractivity contribution in [1.29, 1.82) is 0 Å². The van der Waals surface area contributed by atoms with Crippen LogP contribution in [0, 0.1) is 5.82 Å². The zero-order valence-corrected chi connectivity index (χ0v) is 10.2. The normalized spacial score (nSPS) is 10.5. The van der Waals surface area contributed by atoms with E-state index in [1.54, 1.807) is 0 Å². The SMILES string of the molecule is CCCN(CCC)c1ccc(F)cc1CN. The molecule has 0 aliphatic heterocycles. The van der Waals surface area contributed by atoms with Crippen molar-refractivity contribution in [3.8, 4) is 0 Å². The number of halogens is 1. The van der Waals surface area contributed by atoms with E-state index < -0.39 is 0 Å². The van der Waals surface area contributed by atoms with Crippen LogP contribution in [-0.2, 0) is 6.54 Å². The lowest BCUT2D eigenvalue weighted by Crippen LogP contribution is -2.26. The molecular weight excluding hydrogens is 203 g/mol. The Morgan fingerprint density at radius 3 is 2.31 bits per heavy atom. The van der Waals surface area contributed by atoms with Crippen LogP contribution < -0.4 is 10.6 Å². The Bertz CT molecular complexity index is 320. The first-order chi connectivity index (χ1) is 7.72. The highest BCUT2D eigenvalue weighted by atomic mass is 19.1. The van der Waals surface area contributed by atoms with Crippen molar-refractivity contribution in [3.05, 3.63) is 29.6 Å². The number of nitrogens with zero attached hydrogens (tertiary/aromatic N) is 1. The van der Waals surface area contributed by atoms with Crippen LogP contribution in [0.4, 0.5) is 10.1 Å². The fourth-order valence-corrected chi connectivity index (χ4v) is 1.92. The second-order valence-electron chi connectivity index (χ2n) is 3.96. The summed E-state index contributed by atoms with van der Waals surface area (Å²) in [5.41, 5.74) is 7.62. The van der Waals surface area contributed by atoms with E-state index in [9.17, 15) is 4.39 Å². The molecule has 0 aliphatic rings. The number of rotatable bonds is 6. The average Bonchev–Trinajstić information content (AvgIpc) is 2.28. The van der Waals surface area contributed by atoms with Crippen LogP contribution in [-0.4, -0.2) is 13.1 Å². The van der Waals surface area contributed by atoms with E-state index in [1.165, 1.54) is 12.1 Å². The predicted molar refractivity (Wildman–Crippen MR) is 67.1 cm³/mol. The smallest absolute Gasteiger partial charge is 0.123 e. The Hall–Kier alpha value is -1.09. The molecule has 0 atom stereocenters. The van der Waals surface area contributed by atoms with Gasteiger partial charge in [-0.3, -0.25) is 0 Å². The van der Waals surface area contributed by atoms with Crippen molar-refractivity contribution in [2.75, 3.05) is 18.0 Å². The van der Waals surface area contributed by atoms with Crippen LogP contribution in [0.5, 0.6) is 0 Å². The largest absolute Gasteiger partial charge is 0.371 e. The summed E-state index contributed by atoms with van der Waals surface area (Å²) < 4.78 is 13.1. The summed E-state index contributed by atoms with van der Waals surface area (Å²) >= 11 is 0. The van der Waals surface area contributed by atoms with Gasteiger partial charge in [0.15, 0.2) is 0 Å². The molecule has 0 aromatic heterocycles. The molecule has 2 N–H and O–H groups in total. The minimum atomic E-state index is -0.211. The first kappa shape index (κ1) is 13.0. The summed E-state index contributed by atoms with van der Waals surface area (Å²) in [6.07, 6.45) is 2.17. The predicted octanol–water partition coefficient (Wildman–Crippen LogP) is 2.91. The fraction of sp³-hybridized carbons (Fsp3) is 0.538. The van der Waals surface area contributed by atoms with E-state index in [-0.39, 0.29) is 5.82 Å². The Labute approximate surface area is 97.3 Å². The minimum absolute atomic E-state index is 0.211. The van der Waals surface area contributed by atoms with Crippen LogP contribution in [0.1, 0.15) is 32.3 Å². The molecule has 1 aromatic rings. The van der Waals surface area contributed by atoms with Crippen LogP contribution in [0.2, 0.25) is 0 Å². The Morgan fingerprint density at radius 1 is 1.19 bits per heavy atom. The number of anilines is 1. The summed E-state index contributed by atoms with van der Waals surface area (Å²) in [5, 5.41) is 0. The molecule has 0 fully saturated rings. The lowest BCUT2D eigenvalue weighted by molar-refractivity contribution is 0.624. The van der Waals surface area contributed by atoms with Gasteiger partial charge >= 0.3 is 0 Å². The maximum Gasteiger partial charge on any atom is 0.123 e. The maximum atomic E-state index is 13.1. The topological polar surface area (TPSA) is 29.3 Å². The molecule has 0 bridgehead atoms. The first-order valence-corrected chi connectivity index (χ1v) is 5.96. The van der Waals surface area contributed by atoms with E-state index in [4.69, 9.17) is 5.73 Å². The second kappa shape index (κ2) is 6.48. The molecule has 0 radical (unpaired) electrons. The molecule has 1 rings (SSSR count). The molecule has 0 saturated heterocycles. The minimum Gasteiger partial charge on any atom is -0.371 e. The molecule has 16 heavy (non-hydrogen) atoms. The Balaban J connectivity index is 2.97. The highest BCUT2D eigenvalue weighted by molar-refractivity contribution is 5.53. The summed E-state index contributed by atoms with van der Waals surface area (Å²) in [6.45, 7) is 6.67. The number of hydrogen-bond acceptors (Lipinski definition) is 2. The first-order valence-electron chi connectivity index (χ1n) is 5.96. The van der Waals surface area contributed by atoms with Gasteiger partial charge in [0.05, 0.1) is 0 Å². The Kier molecular flexibility index (Phi) is 5.26. The molecule has 0 aliphatic carbocycles. The lowest BCUT2D eigenvalue weighted by Gasteiger charge is -2.26. The van der Waals surface area contributed by atoms with E-state index in [0.717, 1.165) is 37.2 Å². The van der Waals surface area contributed by atoms with Gasteiger partial charge in [-0.25, -0.2) is 4.39 Å².